The summed E-state index contributed by atoms with van der Waals surface area (Å²) in [6.07, 6.45) is 8.12. The molecule has 0 N–H and O–H groups in total. The van der Waals surface area contributed by atoms with Gasteiger partial charge in [-0.1, -0.05) is 40.7 Å². The number of imidazole rings is 1. The van der Waals surface area contributed by atoms with Crippen LogP contribution in [0.1, 0.15) is 62.8 Å². The van der Waals surface area contributed by atoms with Gasteiger partial charge < -0.3 is 18.9 Å². The molecule has 4 aromatic rings. The second-order valence-corrected chi connectivity index (χ2v) is 11.6. The molecule has 0 bridgehead atoms. The molecule has 3 aromatic heterocycles. The zero-order valence-corrected chi connectivity index (χ0v) is 23.2. The number of aromatic nitrogens is 3. The van der Waals surface area contributed by atoms with Gasteiger partial charge in [0.05, 0.1) is 24.3 Å². The molecule has 0 atom stereocenters. The molecule has 4 heterocycles. The van der Waals surface area contributed by atoms with E-state index in [1.165, 1.54) is 5.56 Å². The van der Waals surface area contributed by atoms with E-state index < -0.39 is 0 Å². The van der Waals surface area contributed by atoms with Crippen LogP contribution in [0.4, 0.5) is 5.69 Å². The van der Waals surface area contributed by atoms with Crippen LogP contribution in [0.25, 0.3) is 5.65 Å². The Morgan fingerprint density at radius 1 is 0.919 bits per heavy atom. The van der Waals surface area contributed by atoms with Crippen LogP contribution in [0.3, 0.4) is 0 Å². The number of benzene rings is 1. The van der Waals surface area contributed by atoms with Crippen molar-refractivity contribution >= 4 is 11.3 Å². The molecule has 1 aliphatic heterocycles. The van der Waals surface area contributed by atoms with Crippen molar-refractivity contribution in [1.82, 2.24) is 19.3 Å². The Kier molecular flexibility index (Phi) is 6.01. The largest absolute Gasteiger partial charge is 0.456 e. The highest BCUT2D eigenvalue weighted by atomic mass is 16.5. The second kappa shape index (κ2) is 8.94. The molecule has 0 spiro atoms. The topological polar surface area (TPSA) is 45.9 Å². The van der Waals surface area contributed by atoms with Gasteiger partial charge in [0.15, 0.2) is 0 Å². The van der Waals surface area contributed by atoms with Crippen LogP contribution in [0.5, 0.6) is 11.5 Å². The summed E-state index contributed by atoms with van der Waals surface area (Å²) in [6.45, 7) is 16.1. The van der Waals surface area contributed by atoms with Gasteiger partial charge in [0.1, 0.15) is 17.1 Å². The van der Waals surface area contributed by atoms with E-state index in [0.29, 0.717) is 0 Å². The van der Waals surface area contributed by atoms with Crippen LogP contribution in [0, 0.1) is 13.8 Å². The smallest absolute Gasteiger partial charge is 0.144 e. The highest BCUT2D eigenvalue weighted by Crippen LogP contribution is 2.38. The lowest BCUT2D eigenvalue weighted by Crippen LogP contribution is -2.23. The van der Waals surface area contributed by atoms with E-state index in [-0.39, 0.29) is 10.8 Å². The van der Waals surface area contributed by atoms with E-state index in [9.17, 15) is 0 Å². The SMILES string of the molecule is Cc1nc2c(C(C)(C)c3cc(C(C)(C)C)ccn3)cc(Oc3cccc(N4C=CN(C)C4)c3)cn2c1C. The minimum atomic E-state index is -0.390. The molecule has 0 unspecified atom stereocenters. The molecule has 1 aliphatic rings. The predicted octanol–water partition coefficient (Wildman–Crippen LogP) is 6.94. The summed E-state index contributed by atoms with van der Waals surface area (Å²) in [6, 6.07) is 14.7. The summed E-state index contributed by atoms with van der Waals surface area (Å²) in [5.41, 5.74) is 7.17. The maximum Gasteiger partial charge on any atom is 0.144 e. The van der Waals surface area contributed by atoms with Gasteiger partial charge in [-0.2, -0.15) is 0 Å². The fourth-order valence-corrected chi connectivity index (χ4v) is 4.80. The quantitative estimate of drug-likeness (QED) is 0.300. The van der Waals surface area contributed by atoms with Gasteiger partial charge in [-0.15, -0.1) is 0 Å². The molecule has 0 amide bonds. The number of aryl methyl sites for hydroxylation is 2. The van der Waals surface area contributed by atoms with Crippen LogP contribution in [0.15, 0.2) is 67.3 Å². The third kappa shape index (κ3) is 4.68. The standard InChI is InChI=1S/C31H37N5O/c1-21-22(2)36-19-26(37-25-11-9-10-24(17-25)35-15-14-34(8)20-35)18-27(29(36)33-21)31(6,7)28-16-23(12-13-32-28)30(3,4)5/h9-19H,20H2,1-8H3. The minimum absolute atomic E-state index is 0.0406. The molecule has 0 aliphatic carbocycles. The number of hydrogen-bond acceptors (Lipinski definition) is 5. The lowest BCUT2D eigenvalue weighted by atomic mass is 9.79. The van der Waals surface area contributed by atoms with E-state index in [0.717, 1.165) is 52.1 Å². The molecule has 0 saturated carbocycles. The van der Waals surface area contributed by atoms with Crippen molar-refractivity contribution in [2.75, 3.05) is 18.6 Å². The third-order valence-electron chi connectivity index (χ3n) is 7.37. The highest BCUT2D eigenvalue weighted by molar-refractivity contribution is 5.60. The second-order valence-electron chi connectivity index (χ2n) is 11.6. The normalized spacial score (nSPS) is 14.2. The summed E-state index contributed by atoms with van der Waals surface area (Å²) in [5.74, 6) is 1.57. The van der Waals surface area contributed by atoms with Gasteiger partial charge in [0.25, 0.3) is 0 Å². The lowest BCUT2D eigenvalue weighted by molar-refractivity contribution is 0.474. The number of fused-ring (bicyclic) bond motifs is 1. The Balaban J connectivity index is 1.58. The van der Waals surface area contributed by atoms with Crippen molar-refractivity contribution in [2.45, 2.75) is 59.3 Å². The maximum atomic E-state index is 6.49. The fraction of sp³-hybridized carbons (Fsp3) is 0.355. The van der Waals surface area contributed by atoms with E-state index in [2.05, 4.69) is 112 Å². The van der Waals surface area contributed by atoms with E-state index in [4.69, 9.17) is 14.7 Å². The molecular formula is C31H37N5O. The molecular weight excluding hydrogens is 458 g/mol. The molecule has 0 fully saturated rings. The predicted molar refractivity (Wildman–Crippen MR) is 150 cm³/mol. The number of rotatable bonds is 5. The average Bonchev–Trinajstić information content (AvgIpc) is 3.41. The summed E-state index contributed by atoms with van der Waals surface area (Å²) in [5, 5.41) is 0. The first-order valence-corrected chi connectivity index (χ1v) is 12.8. The van der Waals surface area contributed by atoms with Crippen molar-refractivity contribution < 1.29 is 4.74 Å². The molecule has 1 aromatic carbocycles. The van der Waals surface area contributed by atoms with Gasteiger partial charge in [-0.25, -0.2) is 4.98 Å². The van der Waals surface area contributed by atoms with Crippen molar-refractivity contribution in [3.8, 4) is 11.5 Å². The number of pyridine rings is 2. The summed E-state index contributed by atoms with van der Waals surface area (Å²) >= 11 is 0. The average molecular weight is 496 g/mol. The van der Waals surface area contributed by atoms with Gasteiger partial charge in [-0.3, -0.25) is 4.98 Å². The Morgan fingerprint density at radius 2 is 1.70 bits per heavy atom. The Morgan fingerprint density at radius 3 is 2.41 bits per heavy atom. The minimum Gasteiger partial charge on any atom is -0.456 e. The van der Waals surface area contributed by atoms with Crippen molar-refractivity contribution in [3.63, 3.8) is 0 Å². The van der Waals surface area contributed by atoms with E-state index >= 15 is 0 Å². The molecule has 37 heavy (non-hydrogen) atoms. The number of anilines is 1. The molecule has 192 valence electrons. The van der Waals surface area contributed by atoms with Crippen LogP contribution in [-0.4, -0.2) is 33.0 Å². The van der Waals surface area contributed by atoms with Gasteiger partial charge in [-0.05, 0) is 55.2 Å². The third-order valence-corrected chi connectivity index (χ3v) is 7.37. The first-order valence-electron chi connectivity index (χ1n) is 12.8. The molecule has 6 nitrogen and oxygen atoms in total. The van der Waals surface area contributed by atoms with Gasteiger partial charge in [0.2, 0.25) is 0 Å². The number of hydrogen-bond donors (Lipinski definition) is 0. The lowest BCUT2D eigenvalue weighted by Gasteiger charge is -2.28. The first-order chi connectivity index (χ1) is 17.4. The monoisotopic (exact) mass is 495 g/mol. The Hall–Kier alpha value is -3.80. The molecule has 0 radical (unpaired) electrons. The van der Waals surface area contributed by atoms with Crippen molar-refractivity contribution in [1.29, 1.82) is 0 Å². The van der Waals surface area contributed by atoms with E-state index in [1.54, 1.807) is 0 Å². The van der Waals surface area contributed by atoms with E-state index in [1.807, 2.05) is 24.5 Å². The first kappa shape index (κ1) is 24.9. The van der Waals surface area contributed by atoms with Crippen molar-refractivity contribution in [3.05, 3.63) is 95.5 Å². The fourth-order valence-electron chi connectivity index (χ4n) is 4.80. The van der Waals surface area contributed by atoms with Crippen molar-refractivity contribution in [2.24, 2.45) is 0 Å². The van der Waals surface area contributed by atoms with Gasteiger partial charge in [0, 0.05) is 54.1 Å². The van der Waals surface area contributed by atoms with Gasteiger partial charge >= 0.3 is 0 Å². The Bertz CT molecular complexity index is 1490. The number of ether oxygens (including phenoxy) is 1. The summed E-state index contributed by atoms with van der Waals surface area (Å²) in [7, 11) is 2.07. The van der Waals surface area contributed by atoms with Crippen LogP contribution in [0.2, 0.25) is 0 Å². The zero-order valence-electron chi connectivity index (χ0n) is 23.2. The molecule has 5 rings (SSSR count). The van der Waals surface area contributed by atoms with Crippen LogP contribution >= 0.6 is 0 Å². The zero-order chi connectivity index (χ0) is 26.5. The van der Waals surface area contributed by atoms with Crippen LogP contribution < -0.4 is 9.64 Å². The summed E-state index contributed by atoms with van der Waals surface area (Å²) < 4.78 is 8.64. The highest BCUT2D eigenvalue weighted by Gasteiger charge is 2.31. The molecule has 0 saturated heterocycles. The Labute approximate surface area is 220 Å². The van der Waals surface area contributed by atoms with Crippen LogP contribution in [-0.2, 0) is 10.8 Å². The summed E-state index contributed by atoms with van der Waals surface area (Å²) in [4.78, 5) is 14.1. The number of nitrogens with zero attached hydrogens (tertiary/aromatic N) is 5. The molecule has 6 heteroatoms. The maximum absolute atomic E-state index is 6.49.